The second-order valence-electron chi connectivity index (χ2n) is 9.29. The third-order valence-corrected chi connectivity index (χ3v) is 7.16. The van der Waals surface area contributed by atoms with Crippen LogP contribution in [0.4, 0.5) is 11.6 Å². The van der Waals surface area contributed by atoms with E-state index >= 15 is 0 Å². The molecule has 3 aromatic heterocycles. The van der Waals surface area contributed by atoms with Crippen molar-refractivity contribution in [1.29, 1.82) is 5.26 Å². The monoisotopic (exact) mass is 490 g/mol. The molecule has 1 unspecified atom stereocenters. The molecule has 0 saturated carbocycles. The van der Waals surface area contributed by atoms with Gasteiger partial charge in [-0.05, 0) is 18.6 Å². The van der Waals surface area contributed by atoms with Crippen LogP contribution in [-0.4, -0.2) is 19.1 Å². The fourth-order valence-corrected chi connectivity index (χ4v) is 5.31. The molecule has 0 fully saturated rings. The van der Waals surface area contributed by atoms with Crippen LogP contribution in [0, 0.1) is 18.3 Å². The molecule has 1 aliphatic rings. The minimum atomic E-state index is -0.662. The molecule has 3 N–H and O–H groups in total. The number of benzene rings is 2. The number of nitrogens with zero attached hydrogens (tertiary/aromatic N) is 3. The van der Waals surface area contributed by atoms with Gasteiger partial charge in [0.15, 0.2) is 0 Å². The lowest BCUT2D eigenvalue weighted by atomic mass is 9.79. The van der Waals surface area contributed by atoms with Crippen LogP contribution in [0.1, 0.15) is 33.7 Å². The number of aromatic nitrogens is 4. The van der Waals surface area contributed by atoms with Gasteiger partial charge in [0.1, 0.15) is 23.3 Å². The summed E-state index contributed by atoms with van der Waals surface area (Å²) in [6.45, 7) is 1.97. The number of nitrogens with one attached hydrogen (secondary N) is 3. The lowest BCUT2D eigenvalue weighted by molar-refractivity contribution is 0.666. The third kappa shape index (κ3) is 3.12. The van der Waals surface area contributed by atoms with Crippen molar-refractivity contribution in [3.8, 4) is 17.2 Å². The maximum absolute atomic E-state index is 13.6. The minimum Gasteiger partial charge on any atom is -0.361 e. The molecule has 4 heterocycles. The van der Waals surface area contributed by atoms with Crippen LogP contribution in [0.5, 0.6) is 0 Å². The van der Waals surface area contributed by atoms with Gasteiger partial charge in [-0.25, -0.2) is 4.79 Å². The molecule has 9 heteroatoms. The second-order valence-corrected chi connectivity index (χ2v) is 9.29. The molecule has 0 aliphatic carbocycles. The predicted octanol–water partition coefficient (Wildman–Crippen LogP) is 3.34. The Morgan fingerprint density at radius 2 is 1.68 bits per heavy atom. The minimum absolute atomic E-state index is 0.0486. The van der Waals surface area contributed by atoms with Crippen LogP contribution in [0.3, 0.4) is 0 Å². The Bertz CT molecular complexity index is 1970. The van der Waals surface area contributed by atoms with Gasteiger partial charge >= 0.3 is 5.69 Å². The van der Waals surface area contributed by atoms with Crippen molar-refractivity contribution < 1.29 is 0 Å². The maximum Gasteiger partial charge on any atom is 0.332 e. The van der Waals surface area contributed by atoms with E-state index in [4.69, 9.17) is 0 Å². The van der Waals surface area contributed by atoms with E-state index in [1.807, 2.05) is 55.5 Å². The highest BCUT2D eigenvalue weighted by Gasteiger charge is 2.37. The summed E-state index contributed by atoms with van der Waals surface area (Å²) in [5.41, 5.74) is 3.21. The van der Waals surface area contributed by atoms with E-state index in [-0.39, 0.29) is 5.56 Å². The van der Waals surface area contributed by atoms with E-state index < -0.39 is 22.7 Å². The van der Waals surface area contributed by atoms with Gasteiger partial charge in [0.25, 0.3) is 11.1 Å². The van der Waals surface area contributed by atoms with Gasteiger partial charge in [-0.3, -0.25) is 18.7 Å². The molecule has 37 heavy (non-hydrogen) atoms. The van der Waals surface area contributed by atoms with E-state index in [1.54, 1.807) is 13.2 Å². The molecule has 9 nitrogen and oxygen atoms in total. The molecule has 1 aliphatic heterocycles. The second kappa shape index (κ2) is 7.96. The Morgan fingerprint density at radius 3 is 2.41 bits per heavy atom. The highest BCUT2D eigenvalue weighted by molar-refractivity contribution is 5.99. The van der Waals surface area contributed by atoms with Crippen molar-refractivity contribution in [1.82, 2.24) is 19.1 Å². The Hall–Kier alpha value is -5.10. The summed E-state index contributed by atoms with van der Waals surface area (Å²) < 4.78 is 2.44. The molecular weight excluding hydrogens is 468 g/mol. The summed E-state index contributed by atoms with van der Waals surface area (Å²) in [6, 6.07) is 17.5. The first-order valence-electron chi connectivity index (χ1n) is 11.7. The number of hydrogen-bond acceptors (Lipinski definition) is 5. The lowest BCUT2D eigenvalue weighted by Crippen LogP contribution is -2.42. The average Bonchev–Trinajstić information content (AvgIpc) is 3.33. The van der Waals surface area contributed by atoms with Crippen molar-refractivity contribution in [3.63, 3.8) is 0 Å². The Balaban J connectivity index is 1.81. The fraction of sp³-hybridized carbons (Fsp3) is 0.143. The highest BCUT2D eigenvalue weighted by atomic mass is 16.2. The number of aryl methyl sites for hydroxylation is 1. The number of para-hydroxylation sites is 1. The molecule has 1 atom stereocenters. The summed E-state index contributed by atoms with van der Waals surface area (Å²) >= 11 is 0. The van der Waals surface area contributed by atoms with Gasteiger partial charge in [0.05, 0.1) is 5.56 Å². The van der Waals surface area contributed by atoms with Crippen LogP contribution in [0.2, 0.25) is 0 Å². The van der Waals surface area contributed by atoms with Gasteiger partial charge in [-0.15, -0.1) is 0 Å². The predicted molar refractivity (Wildman–Crippen MR) is 141 cm³/mol. The molecular formula is C28H22N6O3. The molecule has 5 aromatic rings. The molecule has 6 rings (SSSR count). The third-order valence-electron chi connectivity index (χ3n) is 7.16. The van der Waals surface area contributed by atoms with Crippen molar-refractivity contribution >= 4 is 22.5 Å². The first-order valence-corrected chi connectivity index (χ1v) is 11.7. The molecule has 0 bridgehead atoms. The number of pyridine rings is 1. The number of rotatable bonds is 2. The Morgan fingerprint density at radius 1 is 0.946 bits per heavy atom. The molecule has 2 aromatic carbocycles. The van der Waals surface area contributed by atoms with E-state index in [9.17, 15) is 19.6 Å². The van der Waals surface area contributed by atoms with Crippen LogP contribution < -0.4 is 22.1 Å². The van der Waals surface area contributed by atoms with Gasteiger partial charge in [0.2, 0.25) is 0 Å². The molecule has 0 saturated heterocycles. The summed E-state index contributed by atoms with van der Waals surface area (Å²) in [6.07, 6.45) is 1.78. The van der Waals surface area contributed by atoms with Gasteiger partial charge < -0.3 is 15.3 Å². The van der Waals surface area contributed by atoms with E-state index in [1.165, 1.54) is 11.6 Å². The number of hydrogen-bond donors (Lipinski definition) is 3. The smallest absolute Gasteiger partial charge is 0.332 e. The van der Waals surface area contributed by atoms with Gasteiger partial charge in [-0.1, -0.05) is 48.0 Å². The van der Waals surface area contributed by atoms with Crippen LogP contribution in [-0.2, 0) is 14.1 Å². The van der Waals surface area contributed by atoms with Crippen molar-refractivity contribution in [2.24, 2.45) is 14.1 Å². The van der Waals surface area contributed by atoms with Crippen LogP contribution in [0.25, 0.3) is 22.0 Å². The first kappa shape index (κ1) is 22.4. The first-order chi connectivity index (χ1) is 17.8. The summed E-state index contributed by atoms with van der Waals surface area (Å²) in [5.74, 6) is -0.0213. The molecule has 0 amide bonds. The van der Waals surface area contributed by atoms with Crippen LogP contribution in [0.15, 0.2) is 69.1 Å². The van der Waals surface area contributed by atoms with Crippen molar-refractivity contribution in [2.45, 2.75) is 12.8 Å². The Labute approximate surface area is 210 Å². The van der Waals surface area contributed by atoms with E-state index in [0.717, 1.165) is 26.6 Å². The molecule has 0 radical (unpaired) electrons. The maximum atomic E-state index is 13.6. The lowest BCUT2D eigenvalue weighted by Gasteiger charge is -2.32. The average molecular weight is 491 g/mol. The fourth-order valence-electron chi connectivity index (χ4n) is 5.31. The van der Waals surface area contributed by atoms with Gasteiger partial charge in [0, 0.05) is 53.8 Å². The standard InChI is InChI=1S/C28H22N6O3/c1-14-8-10-15(11-9-14)20-22-21(18-13-30-19-7-5-4-6-16(18)19)17(12-29)26(35)32-24(22)31-25-23(20)27(36)34(3)28(37)33(25)2/h4-11,13,20,30H,1-3H3,(H2,31,32,35). The van der Waals surface area contributed by atoms with Crippen molar-refractivity contribution in [2.75, 3.05) is 5.32 Å². The summed E-state index contributed by atoms with van der Waals surface area (Å²) in [4.78, 5) is 45.7. The number of anilines is 2. The topological polar surface area (TPSA) is 128 Å². The summed E-state index contributed by atoms with van der Waals surface area (Å²) in [5, 5.41) is 14.1. The zero-order valence-corrected chi connectivity index (χ0v) is 20.3. The van der Waals surface area contributed by atoms with E-state index in [0.29, 0.717) is 33.9 Å². The van der Waals surface area contributed by atoms with Gasteiger partial charge in [-0.2, -0.15) is 5.26 Å². The zero-order chi connectivity index (χ0) is 26.0. The van der Waals surface area contributed by atoms with Crippen LogP contribution >= 0.6 is 0 Å². The largest absolute Gasteiger partial charge is 0.361 e. The zero-order valence-electron chi connectivity index (χ0n) is 20.3. The summed E-state index contributed by atoms with van der Waals surface area (Å²) in [7, 11) is 3.02. The highest BCUT2D eigenvalue weighted by Crippen LogP contribution is 2.47. The molecule has 0 spiro atoms. The normalized spacial score (nSPS) is 14.1. The quantitative estimate of drug-likeness (QED) is 0.343. The number of aromatic amines is 2. The van der Waals surface area contributed by atoms with E-state index in [2.05, 4.69) is 21.4 Å². The SMILES string of the molecule is Cc1ccc(C2c3c([nH]c(=O)c(C#N)c3-c3c[nH]c4ccccc34)Nc3c2c(=O)n(C)c(=O)n3C)cc1. The number of nitriles is 1. The number of H-pyrrole nitrogens is 2. The van der Waals surface area contributed by atoms with Crippen molar-refractivity contribution in [3.05, 3.63) is 114 Å². The molecule has 182 valence electrons. The number of fused-ring (bicyclic) bond motifs is 3. The Kier molecular flexibility index (Phi) is 4.81.